The second-order valence-electron chi connectivity index (χ2n) is 16.2. The summed E-state index contributed by atoms with van der Waals surface area (Å²) in [6.07, 6.45) is 40.6. The number of ether oxygens (including phenoxy) is 2. The third-order valence-corrected chi connectivity index (χ3v) is 12.6. The van der Waals surface area contributed by atoms with Crippen LogP contribution in [0.5, 0.6) is 0 Å². The number of hydrogen-bond acceptors (Lipinski definition) is 14. The minimum atomic E-state index is -4.96. The molecule has 396 valence electrons. The van der Waals surface area contributed by atoms with Crippen LogP contribution in [-0.4, -0.2) is 110 Å². The van der Waals surface area contributed by atoms with Gasteiger partial charge in [-0.1, -0.05) is 144 Å². The average Bonchev–Trinajstić information content (AvgIpc) is 3.30. The first-order chi connectivity index (χ1) is 33.0. The number of carboxylic acid groups (broad SMARTS) is 1. The highest BCUT2D eigenvalue weighted by molar-refractivity contribution is 8.00. The number of unbranched alkanes of at least 4 members (excludes halogenated alkanes) is 10. The molecule has 0 bridgehead atoms. The van der Waals surface area contributed by atoms with Crippen LogP contribution in [0.15, 0.2) is 85.1 Å². The summed E-state index contributed by atoms with van der Waals surface area (Å²) in [5, 5.41) is 29.2. The molecule has 0 aliphatic heterocycles. The van der Waals surface area contributed by atoms with Crippen LogP contribution in [0.2, 0.25) is 0 Å². The standard InChI is InChI=1S/C49H83NO16P2S/c1-3-5-7-9-11-13-15-17-18-19-20-21-23-25-27-29-31-36-48(55)66-43(40-65-68(60,61)64-38-42(51)37-63-67(57,58)59)39-62-49(56)44(50)41-69-46(45(52)33-32-35-47(53)54)34-30-28-26-24-22-16-14-12-10-8-6-4-2/h12,14,17-18,20-22,24-28,30,34,42-46,51-52H,3-11,13,15-16,19,23,29,31-33,35-41,50H2,1-2H3,(H,53,54)(H,60,61)(H2,57,58,59)/b14-12-,18-17-,21-20-,24-22-,27-25-,28-26+,34-30+/t42-,43+,44-,45-,46+/m0/s1. The van der Waals surface area contributed by atoms with Crippen molar-refractivity contribution in [1.29, 1.82) is 0 Å². The van der Waals surface area contributed by atoms with Crippen molar-refractivity contribution in [2.24, 2.45) is 5.73 Å². The molecule has 0 spiro atoms. The van der Waals surface area contributed by atoms with E-state index in [1.54, 1.807) is 18.2 Å². The normalized spacial score (nSPS) is 15.8. The van der Waals surface area contributed by atoms with Crippen LogP contribution in [0.3, 0.4) is 0 Å². The Morgan fingerprint density at radius 1 is 0.623 bits per heavy atom. The first-order valence-corrected chi connectivity index (χ1v) is 28.3. The molecule has 0 aromatic carbocycles. The molecule has 0 radical (unpaired) electrons. The molecule has 0 aromatic rings. The highest BCUT2D eigenvalue weighted by atomic mass is 32.2. The van der Waals surface area contributed by atoms with Crippen molar-refractivity contribution in [3.63, 3.8) is 0 Å². The van der Waals surface area contributed by atoms with Gasteiger partial charge in [0.15, 0.2) is 6.10 Å². The molecular weight excluding hydrogens is 953 g/mol. The molecule has 20 heteroatoms. The molecule has 6 atom stereocenters. The Morgan fingerprint density at radius 2 is 1.16 bits per heavy atom. The van der Waals surface area contributed by atoms with Crippen molar-refractivity contribution in [1.82, 2.24) is 0 Å². The van der Waals surface area contributed by atoms with Gasteiger partial charge in [0.05, 0.1) is 25.9 Å². The number of aliphatic hydroxyl groups is 2. The molecule has 8 N–H and O–H groups in total. The Hall–Kier alpha value is -2.96. The van der Waals surface area contributed by atoms with Gasteiger partial charge in [-0.3, -0.25) is 28.0 Å². The van der Waals surface area contributed by atoms with E-state index < -0.39 is 89.6 Å². The number of carbonyl (C=O) groups is 3. The number of nitrogens with two attached hydrogens (primary N) is 1. The fraction of sp³-hybridized carbons (Fsp3) is 0.653. The summed E-state index contributed by atoms with van der Waals surface area (Å²) in [7, 11) is -9.90. The Morgan fingerprint density at radius 3 is 1.80 bits per heavy atom. The van der Waals surface area contributed by atoms with E-state index in [4.69, 9.17) is 34.6 Å². The van der Waals surface area contributed by atoms with Gasteiger partial charge in [-0.2, -0.15) is 0 Å². The van der Waals surface area contributed by atoms with E-state index in [0.717, 1.165) is 43.9 Å². The summed E-state index contributed by atoms with van der Waals surface area (Å²) < 4.78 is 48.0. The van der Waals surface area contributed by atoms with Crippen molar-refractivity contribution in [3.8, 4) is 0 Å². The topological polar surface area (TPSA) is 279 Å². The van der Waals surface area contributed by atoms with Gasteiger partial charge in [0.2, 0.25) is 0 Å². The maximum Gasteiger partial charge on any atom is 0.472 e. The summed E-state index contributed by atoms with van der Waals surface area (Å²) in [5.41, 5.74) is 6.15. The van der Waals surface area contributed by atoms with Crippen LogP contribution < -0.4 is 5.73 Å². The molecule has 0 aliphatic rings. The number of rotatable bonds is 45. The minimum Gasteiger partial charge on any atom is -0.481 e. The molecule has 0 rings (SSSR count). The lowest BCUT2D eigenvalue weighted by molar-refractivity contribution is -0.161. The first-order valence-electron chi connectivity index (χ1n) is 24.2. The van der Waals surface area contributed by atoms with E-state index in [-0.39, 0.29) is 31.4 Å². The third kappa shape index (κ3) is 44.7. The minimum absolute atomic E-state index is 0.0353. The van der Waals surface area contributed by atoms with E-state index in [0.29, 0.717) is 12.8 Å². The van der Waals surface area contributed by atoms with Gasteiger partial charge in [-0.15, -0.1) is 11.8 Å². The van der Waals surface area contributed by atoms with Gasteiger partial charge in [0, 0.05) is 23.8 Å². The number of aliphatic carboxylic acids is 1. The monoisotopic (exact) mass is 1040 g/mol. The van der Waals surface area contributed by atoms with Crippen LogP contribution >= 0.6 is 27.4 Å². The Kier molecular flexibility index (Phi) is 41.9. The molecule has 0 aliphatic carbocycles. The van der Waals surface area contributed by atoms with Crippen molar-refractivity contribution < 1.29 is 76.6 Å². The Balaban J connectivity index is 5.40. The number of thioether (sulfide) groups is 1. The van der Waals surface area contributed by atoms with Crippen LogP contribution in [-0.2, 0) is 46.6 Å². The molecule has 0 saturated carbocycles. The van der Waals surface area contributed by atoms with Gasteiger partial charge >= 0.3 is 33.6 Å². The fourth-order valence-electron chi connectivity index (χ4n) is 5.92. The van der Waals surface area contributed by atoms with Gasteiger partial charge in [0.1, 0.15) is 18.8 Å². The van der Waals surface area contributed by atoms with E-state index >= 15 is 0 Å². The number of carbonyl (C=O) groups excluding carboxylic acids is 2. The maximum atomic E-state index is 13.0. The zero-order chi connectivity index (χ0) is 51.4. The molecule has 0 fully saturated rings. The van der Waals surface area contributed by atoms with Crippen LogP contribution in [0.25, 0.3) is 0 Å². The molecule has 0 amide bonds. The van der Waals surface area contributed by atoms with Gasteiger partial charge < -0.3 is 45.2 Å². The number of hydrogen-bond donors (Lipinski definition) is 7. The quantitative estimate of drug-likeness (QED) is 0.00982. The number of aliphatic hydroxyl groups excluding tert-OH is 2. The number of phosphoric acid groups is 2. The predicted molar refractivity (Wildman–Crippen MR) is 272 cm³/mol. The molecule has 17 nitrogen and oxygen atoms in total. The van der Waals surface area contributed by atoms with Gasteiger partial charge in [-0.25, -0.2) is 9.13 Å². The van der Waals surface area contributed by atoms with E-state index in [2.05, 4.69) is 59.4 Å². The maximum absolute atomic E-state index is 13.0. The van der Waals surface area contributed by atoms with E-state index in [9.17, 15) is 38.6 Å². The van der Waals surface area contributed by atoms with Crippen LogP contribution in [0, 0.1) is 0 Å². The summed E-state index contributed by atoms with van der Waals surface area (Å²) in [6, 6.07) is -1.24. The van der Waals surface area contributed by atoms with E-state index in [1.807, 2.05) is 30.4 Å². The van der Waals surface area contributed by atoms with Gasteiger partial charge in [0.25, 0.3) is 0 Å². The summed E-state index contributed by atoms with van der Waals surface area (Å²) >= 11 is 1.15. The van der Waals surface area contributed by atoms with Crippen molar-refractivity contribution >= 4 is 45.3 Å². The second-order valence-corrected chi connectivity index (χ2v) is 20.1. The predicted octanol–water partition coefficient (Wildman–Crippen LogP) is 9.66. The zero-order valence-electron chi connectivity index (χ0n) is 40.8. The zero-order valence-corrected chi connectivity index (χ0v) is 43.4. The Labute approximate surface area is 415 Å². The number of phosphoric ester groups is 2. The molecule has 0 saturated heterocycles. The largest absolute Gasteiger partial charge is 0.481 e. The van der Waals surface area contributed by atoms with Crippen LogP contribution in [0.1, 0.15) is 142 Å². The van der Waals surface area contributed by atoms with Gasteiger partial charge in [-0.05, 0) is 70.6 Å². The SMILES string of the molecule is CCCCC/C=C\C\C=C/C=C/C=C/[C@@H](SC[C@H](N)C(=O)OC[C@H](COP(=O)(O)OC[C@@H](O)COP(=O)(O)O)OC(=O)CCC/C=C\C/C=C\C/C=C\CCCCCCCC)[C@@H](O)CCCC(=O)O. The highest BCUT2D eigenvalue weighted by Gasteiger charge is 2.29. The number of esters is 2. The molecule has 0 aromatic heterocycles. The smallest absolute Gasteiger partial charge is 0.472 e. The summed E-state index contributed by atoms with van der Waals surface area (Å²) in [5.74, 6) is -2.66. The number of carboxylic acids is 1. The lowest BCUT2D eigenvalue weighted by Gasteiger charge is -2.22. The number of allylic oxidation sites excluding steroid dienone is 13. The Bertz CT molecular complexity index is 1660. The van der Waals surface area contributed by atoms with Crippen molar-refractivity contribution in [2.75, 3.05) is 32.2 Å². The van der Waals surface area contributed by atoms with Crippen molar-refractivity contribution in [3.05, 3.63) is 85.1 Å². The van der Waals surface area contributed by atoms with E-state index in [1.165, 1.54) is 57.8 Å². The molecule has 69 heavy (non-hydrogen) atoms. The van der Waals surface area contributed by atoms with Crippen LogP contribution in [0.4, 0.5) is 0 Å². The summed E-state index contributed by atoms with van der Waals surface area (Å²) in [4.78, 5) is 64.7. The average molecular weight is 1040 g/mol. The lowest BCUT2D eigenvalue weighted by Crippen LogP contribution is -2.38. The fourth-order valence-corrected chi connectivity index (χ4v) is 8.20. The van der Waals surface area contributed by atoms with Crippen molar-refractivity contribution in [2.45, 2.75) is 172 Å². The summed E-state index contributed by atoms with van der Waals surface area (Å²) in [6.45, 7) is 1.09. The second kappa shape index (κ2) is 43.8. The highest BCUT2D eigenvalue weighted by Crippen LogP contribution is 2.44. The lowest BCUT2D eigenvalue weighted by atomic mass is 10.1. The first kappa shape index (κ1) is 66.0. The molecule has 0 heterocycles. The third-order valence-electron chi connectivity index (χ3n) is 9.74. The molecule has 1 unspecified atom stereocenters. The molecular formula is C49H83NO16P2S.